The van der Waals surface area contributed by atoms with E-state index in [0.29, 0.717) is 6.07 Å². The van der Waals surface area contributed by atoms with E-state index in [-0.39, 0.29) is 5.02 Å². The SMILES string of the molecule is O=[N+]([O-])c1cc(S(=O)(=O)NCP(=O)(O)O)ccc1Cl. The first kappa shape index (κ1) is 16.0. The second-order valence-corrected chi connectivity index (χ2v) is 7.16. The molecule has 0 saturated carbocycles. The maximum absolute atomic E-state index is 11.6. The Kier molecular flexibility index (Phi) is 4.67. The van der Waals surface area contributed by atoms with E-state index in [1.807, 2.05) is 0 Å². The number of nitro groups is 1. The number of benzene rings is 1. The molecule has 1 rings (SSSR count). The molecule has 1 aromatic carbocycles. The number of sulfonamides is 1. The van der Waals surface area contributed by atoms with Crippen molar-refractivity contribution < 1.29 is 27.7 Å². The van der Waals surface area contributed by atoms with Gasteiger partial charge in [-0.3, -0.25) is 14.7 Å². The molecule has 0 radical (unpaired) electrons. The van der Waals surface area contributed by atoms with Crippen LogP contribution in [0.4, 0.5) is 5.69 Å². The summed E-state index contributed by atoms with van der Waals surface area (Å²) in [4.78, 5) is 26.4. The lowest BCUT2D eigenvalue weighted by Crippen LogP contribution is -2.24. The standard InChI is InChI=1S/C7H8ClN2O7PS/c8-6-2-1-5(3-7(6)10(11)12)19(16,17)9-4-18(13,14)15/h1-3,9H,4H2,(H2,13,14,15). The van der Waals surface area contributed by atoms with Gasteiger partial charge in [0.25, 0.3) is 5.69 Å². The Bertz CT molecular complexity index is 655. The Hall–Kier alpha value is -1.03. The van der Waals surface area contributed by atoms with E-state index in [0.717, 1.165) is 12.1 Å². The molecule has 0 heterocycles. The molecule has 106 valence electrons. The average molecular weight is 331 g/mol. The highest BCUT2D eigenvalue weighted by Crippen LogP contribution is 2.33. The van der Waals surface area contributed by atoms with Crippen molar-refractivity contribution in [3.05, 3.63) is 33.3 Å². The van der Waals surface area contributed by atoms with Crippen molar-refractivity contribution in [2.75, 3.05) is 6.29 Å². The predicted molar refractivity (Wildman–Crippen MR) is 65.3 cm³/mol. The third-order valence-electron chi connectivity index (χ3n) is 1.89. The molecule has 0 amide bonds. The molecule has 0 aromatic heterocycles. The summed E-state index contributed by atoms with van der Waals surface area (Å²) >= 11 is 5.51. The highest BCUT2D eigenvalue weighted by atomic mass is 35.5. The van der Waals surface area contributed by atoms with E-state index in [2.05, 4.69) is 0 Å². The van der Waals surface area contributed by atoms with Crippen LogP contribution in [0.25, 0.3) is 0 Å². The Morgan fingerprint density at radius 1 is 1.42 bits per heavy atom. The van der Waals surface area contributed by atoms with Crippen LogP contribution in [0.1, 0.15) is 0 Å². The zero-order valence-corrected chi connectivity index (χ0v) is 11.5. The first-order valence-electron chi connectivity index (χ1n) is 4.51. The van der Waals surface area contributed by atoms with Gasteiger partial charge in [-0.05, 0) is 12.1 Å². The lowest BCUT2D eigenvalue weighted by Gasteiger charge is -2.08. The number of hydrogen-bond acceptors (Lipinski definition) is 5. The Morgan fingerprint density at radius 2 is 2.00 bits per heavy atom. The maximum atomic E-state index is 11.6. The van der Waals surface area contributed by atoms with Crippen LogP contribution >= 0.6 is 19.2 Å². The van der Waals surface area contributed by atoms with Crippen molar-refractivity contribution in [3.63, 3.8) is 0 Å². The Labute approximate surface area is 112 Å². The maximum Gasteiger partial charge on any atom is 0.340 e. The first-order chi connectivity index (χ1) is 8.53. The summed E-state index contributed by atoms with van der Waals surface area (Å²) in [5.74, 6) is 0. The van der Waals surface area contributed by atoms with Crippen LogP contribution < -0.4 is 4.72 Å². The molecule has 0 aliphatic carbocycles. The molecule has 0 spiro atoms. The average Bonchev–Trinajstić information content (AvgIpc) is 2.25. The third kappa shape index (κ3) is 4.53. The normalized spacial score (nSPS) is 12.4. The van der Waals surface area contributed by atoms with Crippen molar-refractivity contribution in [1.82, 2.24) is 4.72 Å². The third-order valence-corrected chi connectivity index (χ3v) is 4.39. The topological polar surface area (TPSA) is 147 Å². The van der Waals surface area contributed by atoms with Crippen molar-refractivity contribution in [3.8, 4) is 0 Å². The van der Waals surface area contributed by atoms with Crippen molar-refractivity contribution >= 4 is 34.9 Å². The zero-order chi connectivity index (χ0) is 14.8. The van der Waals surface area contributed by atoms with Crippen LogP contribution in [-0.2, 0) is 14.6 Å². The molecule has 0 fully saturated rings. The Morgan fingerprint density at radius 3 is 2.47 bits per heavy atom. The number of nitrogens with zero attached hydrogens (tertiary/aromatic N) is 1. The van der Waals surface area contributed by atoms with Gasteiger partial charge in [0.15, 0.2) is 0 Å². The van der Waals surface area contributed by atoms with E-state index in [9.17, 15) is 23.1 Å². The number of rotatable bonds is 5. The van der Waals surface area contributed by atoms with E-state index in [1.54, 1.807) is 4.72 Å². The molecule has 0 bridgehead atoms. The molecule has 0 aliphatic rings. The van der Waals surface area contributed by atoms with Gasteiger partial charge >= 0.3 is 7.60 Å². The minimum atomic E-state index is -4.57. The molecule has 0 aliphatic heterocycles. The highest BCUT2D eigenvalue weighted by Gasteiger charge is 2.23. The fraction of sp³-hybridized carbons (Fsp3) is 0.143. The molecule has 0 saturated heterocycles. The molecule has 0 unspecified atom stereocenters. The number of nitro benzene ring substituents is 1. The van der Waals surface area contributed by atoms with Crippen molar-refractivity contribution in [2.45, 2.75) is 4.90 Å². The van der Waals surface area contributed by atoms with E-state index >= 15 is 0 Å². The van der Waals surface area contributed by atoms with E-state index in [1.165, 1.54) is 0 Å². The van der Waals surface area contributed by atoms with Gasteiger partial charge < -0.3 is 9.79 Å². The molecular formula is C7H8ClN2O7PS. The van der Waals surface area contributed by atoms with Gasteiger partial charge in [-0.1, -0.05) is 11.6 Å². The molecule has 19 heavy (non-hydrogen) atoms. The molecule has 3 N–H and O–H groups in total. The molecule has 12 heteroatoms. The van der Waals surface area contributed by atoms with Crippen LogP contribution in [-0.4, -0.2) is 29.4 Å². The van der Waals surface area contributed by atoms with E-state index < -0.39 is 39.4 Å². The summed E-state index contributed by atoms with van der Waals surface area (Å²) in [7, 11) is -8.84. The fourth-order valence-electron chi connectivity index (χ4n) is 1.05. The van der Waals surface area contributed by atoms with Crippen LogP contribution in [0.5, 0.6) is 0 Å². The highest BCUT2D eigenvalue weighted by molar-refractivity contribution is 7.89. The van der Waals surface area contributed by atoms with Gasteiger partial charge in [0.05, 0.1) is 9.82 Å². The van der Waals surface area contributed by atoms with Gasteiger partial charge in [-0.15, -0.1) is 0 Å². The molecule has 0 atom stereocenters. The monoisotopic (exact) mass is 330 g/mol. The summed E-state index contributed by atoms with van der Waals surface area (Å²) in [6.07, 6.45) is -1.11. The summed E-state index contributed by atoms with van der Waals surface area (Å²) in [5, 5.41) is 10.3. The van der Waals surface area contributed by atoms with Crippen molar-refractivity contribution in [1.29, 1.82) is 0 Å². The minimum Gasteiger partial charge on any atom is -0.324 e. The second-order valence-electron chi connectivity index (χ2n) is 3.34. The van der Waals surface area contributed by atoms with Gasteiger partial charge in [0.2, 0.25) is 10.0 Å². The van der Waals surface area contributed by atoms with Crippen LogP contribution in [0.15, 0.2) is 23.1 Å². The fourth-order valence-corrected chi connectivity index (χ4v) is 3.27. The molecular weight excluding hydrogens is 323 g/mol. The van der Waals surface area contributed by atoms with Crippen LogP contribution in [0.3, 0.4) is 0 Å². The minimum absolute atomic E-state index is 0.251. The van der Waals surface area contributed by atoms with Gasteiger partial charge in [-0.2, -0.15) is 4.72 Å². The lowest BCUT2D eigenvalue weighted by molar-refractivity contribution is -0.384. The van der Waals surface area contributed by atoms with Gasteiger partial charge in [0, 0.05) is 6.07 Å². The number of halogens is 1. The smallest absolute Gasteiger partial charge is 0.324 e. The van der Waals surface area contributed by atoms with Crippen molar-refractivity contribution in [2.24, 2.45) is 0 Å². The first-order valence-corrected chi connectivity index (χ1v) is 8.17. The summed E-state index contributed by atoms with van der Waals surface area (Å²) in [6.45, 7) is 0. The molecule has 1 aromatic rings. The van der Waals surface area contributed by atoms with E-state index in [4.69, 9.17) is 21.4 Å². The van der Waals surface area contributed by atoms with Crippen LogP contribution in [0, 0.1) is 10.1 Å². The summed E-state index contributed by atoms with van der Waals surface area (Å²) in [5.41, 5.74) is -0.624. The number of hydrogen-bond donors (Lipinski definition) is 3. The lowest BCUT2D eigenvalue weighted by atomic mass is 10.3. The number of nitrogens with one attached hydrogen (secondary N) is 1. The zero-order valence-electron chi connectivity index (χ0n) is 9.06. The predicted octanol–water partition coefficient (Wildman–Crippen LogP) is 0.662. The van der Waals surface area contributed by atoms with Gasteiger partial charge in [-0.25, -0.2) is 8.42 Å². The largest absolute Gasteiger partial charge is 0.340 e. The summed E-state index contributed by atoms with van der Waals surface area (Å²) < 4.78 is 35.5. The van der Waals surface area contributed by atoms with Crippen LogP contribution in [0.2, 0.25) is 5.02 Å². The quantitative estimate of drug-likeness (QED) is 0.408. The van der Waals surface area contributed by atoms with Gasteiger partial charge in [0.1, 0.15) is 11.3 Å². The Balaban J connectivity index is 3.12. The second kappa shape index (κ2) is 5.53. The summed E-state index contributed by atoms with van der Waals surface area (Å²) in [6, 6.07) is 2.69. The molecule has 9 nitrogen and oxygen atoms in total.